The van der Waals surface area contributed by atoms with Gasteiger partial charge in [0.15, 0.2) is 0 Å². The van der Waals surface area contributed by atoms with E-state index in [4.69, 9.17) is 9.26 Å². The average molecular weight is 504 g/mol. The number of carboxylic acids is 1. The van der Waals surface area contributed by atoms with Crippen molar-refractivity contribution in [2.45, 2.75) is 39.9 Å². The first-order chi connectivity index (χ1) is 17.1. The van der Waals surface area contributed by atoms with Gasteiger partial charge in [-0.3, -0.25) is 4.90 Å². The minimum atomic E-state index is -4.69. The molecule has 1 fully saturated rings. The molecule has 0 aliphatic carbocycles. The zero-order valence-corrected chi connectivity index (χ0v) is 20.3. The summed E-state index contributed by atoms with van der Waals surface area (Å²) < 4.78 is 53.3. The van der Waals surface area contributed by atoms with Crippen LogP contribution in [0, 0.1) is 20.8 Å². The Kier molecular flexibility index (Phi) is 7.37. The van der Waals surface area contributed by atoms with Crippen LogP contribution in [0.4, 0.5) is 24.5 Å². The van der Waals surface area contributed by atoms with Gasteiger partial charge in [0, 0.05) is 31.8 Å². The van der Waals surface area contributed by atoms with Crippen LogP contribution >= 0.6 is 0 Å². The highest BCUT2D eigenvalue weighted by Gasteiger charge is 2.36. The lowest BCUT2D eigenvalue weighted by Gasteiger charge is -2.23. The Bertz CT molecular complexity index is 1240. The Hall–Kier alpha value is -3.37. The van der Waals surface area contributed by atoms with Crippen molar-refractivity contribution in [3.8, 4) is 11.1 Å². The molecule has 0 atom stereocenters. The summed E-state index contributed by atoms with van der Waals surface area (Å²) in [6.45, 7) is 7.82. The molecule has 4 rings (SSSR count). The Morgan fingerprint density at radius 1 is 1.17 bits per heavy atom. The zero-order chi connectivity index (χ0) is 26.0. The largest absolute Gasteiger partial charge is 0.478 e. The van der Waals surface area contributed by atoms with Crippen LogP contribution in [0.2, 0.25) is 0 Å². The standard InChI is InChI=1S/C26H28F3N3O4/c1-15-12-19(22-16(2)31-36-17(22)3)13-20(26(27,28)29)24(15)30-21-7-4-6-18(23(21)25(33)34)14-32-8-5-10-35-11-9-32/h4,6-7,12-13,30H,5,8-11,14H2,1-3H3,(H,33,34). The molecular formula is C26H28F3N3O4. The number of ether oxygens (including phenoxy) is 1. The molecule has 0 radical (unpaired) electrons. The average Bonchev–Trinajstić information content (AvgIpc) is 2.97. The van der Waals surface area contributed by atoms with E-state index in [1.165, 1.54) is 6.07 Å². The third-order valence-corrected chi connectivity index (χ3v) is 6.30. The van der Waals surface area contributed by atoms with Gasteiger partial charge in [-0.15, -0.1) is 0 Å². The highest BCUT2D eigenvalue weighted by molar-refractivity contribution is 5.97. The van der Waals surface area contributed by atoms with Gasteiger partial charge in [0.1, 0.15) is 5.76 Å². The summed E-state index contributed by atoms with van der Waals surface area (Å²) in [5.74, 6) is -0.793. The van der Waals surface area contributed by atoms with Crippen molar-refractivity contribution in [2.75, 3.05) is 31.6 Å². The van der Waals surface area contributed by atoms with E-state index in [-0.39, 0.29) is 16.9 Å². The summed E-state index contributed by atoms with van der Waals surface area (Å²) in [6.07, 6.45) is -3.86. The molecule has 2 aromatic carbocycles. The van der Waals surface area contributed by atoms with Crippen molar-refractivity contribution >= 4 is 17.3 Å². The van der Waals surface area contributed by atoms with Crippen molar-refractivity contribution in [2.24, 2.45) is 0 Å². The molecule has 3 aromatic rings. The van der Waals surface area contributed by atoms with Crippen molar-refractivity contribution in [1.29, 1.82) is 0 Å². The van der Waals surface area contributed by atoms with Crippen LogP contribution in [0.15, 0.2) is 34.9 Å². The predicted octanol–water partition coefficient (Wildman–Crippen LogP) is 5.95. The van der Waals surface area contributed by atoms with Gasteiger partial charge < -0.3 is 19.7 Å². The number of anilines is 2. The SMILES string of the molecule is Cc1cc(-c2c(C)noc2C)cc(C(F)(F)F)c1Nc1cccc(CN2CCCOCC2)c1C(=O)O. The minimum absolute atomic E-state index is 0.0509. The Labute approximate surface area is 206 Å². The number of benzene rings is 2. The van der Waals surface area contributed by atoms with E-state index in [0.717, 1.165) is 19.0 Å². The number of aryl methyl sites for hydroxylation is 3. The molecule has 36 heavy (non-hydrogen) atoms. The van der Waals surface area contributed by atoms with Crippen LogP contribution in [0.25, 0.3) is 11.1 Å². The topological polar surface area (TPSA) is 87.8 Å². The van der Waals surface area contributed by atoms with Crippen molar-refractivity contribution in [3.05, 3.63) is 64.0 Å². The number of alkyl halides is 3. The molecule has 7 nitrogen and oxygen atoms in total. The molecule has 1 aliphatic heterocycles. The van der Waals surface area contributed by atoms with Gasteiger partial charge in [-0.05, 0) is 62.1 Å². The van der Waals surface area contributed by atoms with Gasteiger partial charge >= 0.3 is 12.1 Å². The Morgan fingerprint density at radius 3 is 2.61 bits per heavy atom. The van der Waals surface area contributed by atoms with Crippen LogP contribution in [-0.4, -0.2) is 47.4 Å². The fourth-order valence-corrected chi connectivity index (χ4v) is 4.64. The van der Waals surface area contributed by atoms with Gasteiger partial charge in [-0.2, -0.15) is 13.2 Å². The monoisotopic (exact) mass is 503 g/mol. The first-order valence-corrected chi connectivity index (χ1v) is 11.6. The summed E-state index contributed by atoms with van der Waals surface area (Å²) in [6, 6.07) is 7.49. The number of hydrogen-bond acceptors (Lipinski definition) is 6. The van der Waals surface area contributed by atoms with E-state index in [0.29, 0.717) is 60.0 Å². The Balaban J connectivity index is 1.77. The lowest BCUT2D eigenvalue weighted by molar-refractivity contribution is -0.136. The smallest absolute Gasteiger partial charge is 0.418 e. The molecule has 1 aromatic heterocycles. The lowest BCUT2D eigenvalue weighted by atomic mass is 9.96. The summed E-state index contributed by atoms with van der Waals surface area (Å²) in [4.78, 5) is 14.4. The van der Waals surface area contributed by atoms with Gasteiger partial charge in [0.2, 0.25) is 0 Å². The van der Waals surface area contributed by atoms with Crippen molar-refractivity contribution < 1.29 is 32.3 Å². The summed E-state index contributed by atoms with van der Waals surface area (Å²) >= 11 is 0. The highest BCUT2D eigenvalue weighted by atomic mass is 19.4. The van der Waals surface area contributed by atoms with Crippen molar-refractivity contribution in [1.82, 2.24) is 10.1 Å². The molecule has 0 bridgehead atoms. The fourth-order valence-electron chi connectivity index (χ4n) is 4.64. The number of carbonyl (C=O) groups is 1. The molecule has 0 amide bonds. The third-order valence-electron chi connectivity index (χ3n) is 6.30. The first kappa shape index (κ1) is 25.7. The number of rotatable bonds is 6. The molecular weight excluding hydrogens is 475 g/mol. The highest BCUT2D eigenvalue weighted by Crippen LogP contribution is 2.42. The summed E-state index contributed by atoms with van der Waals surface area (Å²) in [5, 5.41) is 16.7. The molecule has 10 heteroatoms. The predicted molar refractivity (Wildman–Crippen MR) is 129 cm³/mol. The van der Waals surface area contributed by atoms with Crippen LogP contribution in [0.3, 0.4) is 0 Å². The minimum Gasteiger partial charge on any atom is -0.478 e. The van der Waals surface area contributed by atoms with Gasteiger partial charge in [-0.25, -0.2) is 4.79 Å². The molecule has 0 spiro atoms. The fraction of sp³-hybridized carbons (Fsp3) is 0.385. The Morgan fingerprint density at radius 2 is 1.94 bits per heavy atom. The maximum atomic E-state index is 14.2. The van der Waals surface area contributed by atoms with E-state index < -0.39 is 17.7 Å². The number of nitrogens with one attached hydrogen (secondary N) is 1. The van der Waals surface area contributed by atoms with E-state index >= 15 is 0 Å². The zero-order valence-electron chi connectivity index (χ0n) is 20.3. The summed E-state index contributed by atoms with van der Waals surface area (Å²) in [7, 11) is 0. The van der Waals surface area contributed by atoms with Crippen LogP contribution < -0.4 is 5.32 Å². The number of nitrogens with zero attached hydrogens (tertiary/aromatic N) is 2. The number of aromatic nitrogens is 1. The normalized spacial score (nSPS) is 15.1. The first-order valence-electron chi connectivity index (χ1n) is 11.6. The second-order valence-corrected chi connectivity index (χ2v) is 8.92. The maximum absolute atomic E-state index is 14.2. The third kappa shape index (κ3) is 5.39. The van der Waals surface area contributed by atoms with E-state index in [9.17, 15) is 23.1 Å². The van der Waals surface area contributed by atoms with Crippen LogP contribution in [0.1, 0.15) is 44.9 Å². The molecule has 0 unspecified atom stereocenters. The molecule has 2 N–H and O–H groups in total. The van der Waals surface area contributed by atoms with Gasteiger partial charge in [0.25, 0.3) is 0 Å². The van der Waals surface area contributed by atoms with E-state index in [1.54, 1.807) is 39.0 Å². The van der Waals surface area contributed by atoms with E-state index in [2.05, 4.69) is 15.4 Å². The van der Waals surface area contributed by atoms with Crippen molar-refractivity contribution in [3.63, 3.8) is 0 Å². The van der Waals surface area contributed by atoms with Crippen LogP contribution in [0.5, 0.6) is 0 Å². The second kappa shape index (κ2) is 10.3. The maximum Gasteiger partial charge on any atom is 0.418 e. The molecule has 2 heterocycles. The number of carboxylic acid groups (broad SMARTS) is 1. The number of halogens is 3. The molecule has 1 saturated heterocycles. The van der Waals surface area contributed by atoms with Gasteiger partial charge in [-0.1, -0.05) is 17.3 Å². The molecule has 0 saturated carbocycles. The molecule has 1 aliphatic rings. The lowest BCUT2D eigenvalue weighted by Crippen LogP contribution is -2.27. The number of aromatic carboxylic acids is 1. The second-order valence-electron chi connectivity index (χ2n) is 8.92. The number of hydrogen-bond donors (Lipinski definition) is 2. The quantitative estimate of drug-likeness (QED) is 0.430. The molecule has 192 valence electrons. The van der Waals surface area contributed by atoms with Crippen LogP contribution in [-0.2, 0) is 17.5 Å². The van der Waals surface area contributed by atoms with Gasteiger partial charge in [0.05, 0.1) is 34.8 Å². The summed E-state index contributed by atoms with van der Waals surface area (Å²) in [5.41, 5.74) is 1.11. The van der Waals surface area contributed by atoms with E-state index in [1.807, 2.05) is 0 Å².